The van der Waals surface area contributed by atoms with Crippen molar-refractivity contribution in [3.63, 3.8) is 0 Å². The first-order chi connectivity index (χ1) is 15.5. The molecular formula is C28H48O3SSi. The largest absolute Gasteiger partial charge is 0.414 e. The molecule has 0 aromatic heterocycles. The van der Waals surface area contributed by atoms with Crippen LogP contribution in [0.5, 0.6) is 0 Å². The smallest absolute Gasteiger partial charge is 0.192 e. The lowest BCUT2D eigenvalue weighted by Crippen LogP contribution is -2.49. The van der Waals surface area contributed by atoms with Crippen LogP contribution in [0.3, 0.4) is 0 Å². The summed E-state index contributed by atoms with van der Waals surface area (Å²) in [5.41, 5.74) is 0.268. The number of hydrogen-bond donors (Lipinski definition) is 0. The fourth-order valence-electron chi connectivity index (χ4n) is 7.50. The lowest BCUT2D eigenvalue weighted by Gasteiger charge is -2.49. The molecular weight excluding hydrogens is 444 g/mol. The molecule has 3 rings (SSSR count). The number of sulfone groups is 1. The predicted octanol–water partition coefficient (Wildman–Crippen LogP) is 7.87. The van der Waals surface area contributed by atoms with E-state index in [1.165, 1.54) is 50.2 Å². The van der Waals surface area contributed by atoms with E-state index in [1.807, 2.05) is 32.0 Å². The van der Waals surface area contributed by atoms with Gasteiger partial charge in [-0.1, -0.05) is 59.2 Å². The monoisotopic (exact) mass is 492 g/mol. The standard InChI is InChI=1S/C28H48O3SSi/c1-8-33(9-2,10-3)31-26-17-14-20-28(7)24(18-19-25(26)28)22(4)21-27(5,6)32(29,30)23-15-12-11-13-16-23/h11-13,15-16,22,24-26H,8-10,14,17-21H2,1-7H3/t22-,24-,25+,26+,28-/m1/s1. The highest BCUT2D eigenvalue weighted by molar-refractivity contribution is 7.92. The second kappa shape index (κ2) is 10.1. The minimum atomic E-state index is -3.38. The number of rotatable bonds is 10. The molecule has 5 heteroatoms. The average Bonchev–Trinajstić information content (AvgIpc) is 3.15. The van der Waals surface area contributed by atoms with Crippen molar-refractivity contribution < 1.29 is 12.8 Å². The summed E-state index contributed by atoms with van der Waals surface area (Å²) in [7, 11) is -5.00. The molecule has 0 radical (unpaired) electrons. The van der Waals surface area contributed by atoms with E-state index in [0.29, 0.717) is 35.2 Å². The van der Waals surface area contributed by atoms with E-state index >= 15 is 0 Å². The second-order valence-electron chi connectivity index (χ2n) is 11.8. The maximum atomic E-state index is 13.5. The Balaban J connectivity index is 1.78. The summed E-state index contributed by atoms with van der Waals surface area (Å²) in [5, 5.41) is 0. The third kappa shape index (κ3) is 5.02. The third-order valence-electron chi connectivity index (χ3n) is 9.75. The highest BCUT2D eigenvalue weighted by atomic mass is 32.2. The maximum absolute atomic E-state index is 13.5. The molecule has 0 spiro atoms. The van der Waals surface area contributed by atoms with Crippen LogP contribution in [0.2, 0.25) is 18.1 Å². The Morgan fingerprint density at radius 3 is 2.24 bits per heavy atom. The first kappa shape index (κ1) is 26.9. The molecule has 188 valence electrons. The minimum Gasteiger partial charge on any atom is -0.414 e. The van der Waals surface area contributed by atoms with E-state index in [1.54, 1.807) is 12.1 Å². The number of hydrogen-bond acceptors (Lipinski definition) is 3. The van der Waals surface area contributed by atoms with Crippen molar-refractivity contribution in [1.82, 2.24) is 0 Å². The van der Waals surface area contributed by atoms with Crippen LogP contribution in [0.15, 0.2) is 35.2 Å². The van der Waals surface area contributed by atoms with Crippen LogP contribution < -0.4 is 0 Å². The molecule has 0 N–H and O–H groups in total. The lowest BCUT2D eigenvalue weighted by atomic mass is 9.61. The van der Waals surface area contributed by atoms with Gasteiger partial charge in [0.2, 0.25) is 0 Å². The van der Waals surface area contributed by atoms with Crippen molar-refractivity contribution in [3.05, 3.63) is 30.3 Å². The molecule has 2 aliphatic carbocycles. The molecule has 0 amide bonds. The number of fused-ring (bicyclic) bond motifs is 1. The van der Waals surface area contributed by atoms with Crippen LogP contribution in [0, 0.1) is 23.2 Å². The summed E-state index contributed by atoms with van der Waals surface area (Å²) in [5.74, 6) is 1.57. The van der Waals surface area contributed by atoms with Crippen molar-refractivity contribution >= 4 is 18.2 Å². The molecule has 3 nitrogen and oxygen atoms in total. The molecule has 1 aromatic carbocycles. The highest BCUT2D eigenvalue weighted by Gasteiger charge is 2.54. The topological polar surface area (TPSA) is 43.4 Å². The Bertz CT molecular complexity index is 869. The Morgan fingerprint density at radius 2 is 1.67 bits per heavy atom. The van der Waals surface area contributed by atoms with E-state index in [0.717, 1.165) is 0 Å². The molecule has 0 heterocycles. The molecule has 5 atom stereocenters. The Morgan fingerprint density at radius 1 is 1.06 bits per heavy atom. The first-order valence-corrected chi connectivity index (χ1v) is 17.4. The number of benzene rings is 1. The van der Waals surface area contributed by atoms with Crippen molar-refractivity contribution in [3.8, 4) is 0 Å². The molecule has 2 fully saturated rings. The molecule has 2 saturated carbocycles. The van der Waals surface area contributed by atoms with Crippen LogP contribution >= 0.6 is 0 Å². The van der Waals surface area contributed by atoms with E-state index in [4.69, 9.17) is 4.43 Å². The van der Waals surface area contributed by atoms with Crippen LogP contribution in [0.25, 0.3) is 0 Å². The van der Waals surface area contributed by atoms with Crippen LogP contribution in [-0.2, 0) is 14.3 Å². The van der Waals surface area contributed by atoms with Gasteiger partial charge in [0.05, 0.1) is 9.64 Å². The Hall–Kier alpha value is -0.653. The fourth-order valence-corrected chi connectivity index (χ4v) is 12.1. The third-order valence-corrected chi connectivity index (χ3v) is 16.9. The van der Waals surface area contributed by atoms with E-state index < -0.39 is 22.9 Å². The Labute approximate surface area is 205 Å². The van der Waals surface area contributed by atoms with Gasteiger partial charge < -0.3 is 4.43 Å². The van der Waals surface area contributed by atoms with Gasteiger partial charge in [0.25, 0.3) is 0 Å². The lowest BCUT2D eigenvalue weighted by molar-refractivity contribution is -0.0208. The highest BCUT2D eigenvalue weighted by Crippen LogP contribution is 2.59. The fraction of sp³-hybridized carbons (Fsp3) is 0.786. The van der Waals surface area contributed by atoms with E-state index in [9.17, 15) is 8.42 Å². The van der Waals surface area contributed by atoms with Gasteiger partial charge in [0.1, 0.15) is 0 Å². The van der Waals surface area contributed by atoms with Gasteiger partial charge >= 0.3 is 0 Å². The van der Waals surface area contributed by atoms with E-state index in [-0.39, 0.29) is 5.41 Å². The van der Waals surface area contributed by atoms with Gasteiger partial charge in [-0.2, -0.15) is 0 Å². The summed E-state index contributed by atoms with van der Waals surface area (Å²) < 4.78 is 33.2. The van der Waals surface area contributed by atoms with Crippen LogP contribution in [0.1, 0.15) is 87.0 Å². The molecule has 0 saturated heterocycles. The first-order valence-electron chi connectivity index (χ1n) is 13.4. The SMILES string of the molecule is CC[Si](CC)(CC)O[C@H]1CCC[C@]2(C)[C@@H]([C@H](C)CC(C)(C)S(=O)(=O)c3ccccc3)CC[C@@H]12. The minimum absolute atomic E-state index is 0.268. The summed E-state index contributed by atoms with van der Waals surface area (Å²) in [6.07, 6.45) is 7.29. The summed E-state index contributed by atoms with van der Waals surface area (Å²) in [6.45, 7) is 15.7. The van der Waals surface area contributed by atoms with Gasteiger partial charge in [-0.15, -0.1) is 0 Å². The van der Waals surface area contributed by atoms with Gasteiger partial charge in [0, 0.05) is 6.10 Å². The molecule has 2 aliphatic rings. The van der Waals surface area contributed by atoms with Crippen molar-refractivity contribution in [2.45, 2.75) is 121 Å². The van der Waals surface area contributed by atoms with Gasteiger partial charge in [-0.25, -0.2) is 8.42 Å². The second-order valence-corrected chi connectivity index (χ2v) is 19.2. The maximum Gasteiger partial charge on any atom is 0.192 e. The van der Waals surface area contributed by atoms with Gasteiger partial charge in [-0.05, 0) is 99.4 Å². The summed E-state index contributed by atoms with van der Waals surface area (Å²) in [4.78, 5) is 0.448. The van der Waals surface area contributed by atoms with Crippen molar-refractivity contribution in [2.24, 2.45) is 23.2 Å². The summed E-state index contributed by atoms with van der Waals surface area (Å²) >= 11 is 0. The van der Waals surface area contributed by atoms with Gasteiger partial charge in [-0.3, -0.25) is 0 Å². The zero-order valence-corrected chi connectivity index (χ0v) is 24.0. The molecule has 0 unspecified atom stereocenters. The zero-order chi connectivity index (χ0) is 24.5. The van der Waals surface area contributed by atoms with Gasteiger partial charge in [0.15, 0.2) is 18.2 Å². The van der Waals surface area contributed by atoms with Crippen LogP contribution in [-0.4, -0.2) is 27.6 Å². The molecule has 0 bridgehead atoms. The Kier molecular flexibility index (Phi) is 8.28. The van der Waals surface area contributed by atoms with Crippen molar-refractivity contribution in [1.29, 1.82) is 0 Å². The molecule has 1 aromatic rings. The summed E-state index contributed by atoms with van der Waals surface area (Å²) in [6, 6.07) is 12.6. The van der Waals surface area contributed by atoms with E-state index in [2.05, 4.69) is 34.6 Å². The quantitative estimate of drug-likeness (QED) is 0.312. The van der Waals surface area contributed by atoms with Crippen LogP contribution in [0.4, 0.5) is 0 Å². The average molecular weight is 493 g/mol. The molecule has 0 aliphatic heterocycles. The zero-order valence-electron chi connectivity index (χ0n) is 22.2. The predicted molar refractivity (Wildman–Crippen MR) is 142 cm³/mol. The van der Waals surface area contributed by atoms with Crippen molar-refractivity contribution in [2.75, 3.05) is 0 Å². The molecule has 33 heavy (non-hydrogen) atoms. The normalized spacial score (nSPS) is 29.6.